The van der Waals surface area contributed by atoms with Gasteiger partial charge in [0.2, 0.25) is 0 Å². The van der Waals surface area contributed by atoms with Gasteiger partial charge in [-0.2, -0.15) is 0 Å². The van der Waals surface area contributed by atoms with Crippen LogP contribution in [-0.2, 0) is 0 Å². The molecule has 0 aromatic heterocycles. The first-order valence-electron chi connectivity index (χ1n) is 18.0. The van der Waals surface area contributed by atoms with E-state index in [0.29, 0.717) is 0 Å². The predicted octanol–water partition coefficient (Wildman–Crippen LogP) is 14.6. The average molecular weight is 659 g/mol. The molecule has 0 spiro atoms. The number of hydrogen-bond acceptors (Lipinski definition) is 0. The Labute approximate surface area is 303 Å². The van der Waals surface area contributed by atoms with Crippen molar-refractivity contribution in [3.8, 4) is 55.6 Å². The highest BCUT2D eigenvalue weighted by molar-refractivity contribution is 6.26. The molecule has 0 amide bonds. The summed E-state index contributed by atoms with van der Waals surface area (Å²) in [4.78, 5) is 0. The number of hydrogen-bond donors (Lipinski definition) is 0. The van der Waals surface area contributed by atoms with Crippen molar-refractivity contribution in [1.29, 1.82) is 0 Å². The van der Waals surface area contributed by atoms with E-state index in [1.165, 1.54) is 98.7 Å². The molecule has 0 saturated carbocycles. The van der Waals surface area contributed by atoms with Crippen molar-refractivity contribution < 1.29 is 0 Å². The Morgan fingerprint density at radius 1 is 0.212 bits per heavy atom. The first-order chi connectivity index (χ1) is 25.8. The van der Waals surface area contributed by atoms with Gasteiger partial charge in [0.1, 0.15) is 0 Å². The highest BCUT2D eigenvalue weighted by Crippen LogP contribution is 2.49. The predicted molar refractivity (Wildman–Crippen MR) is 224 cm³/mol. The normalized spacial score (nSPS) is 11.5. The Morgan fingerprint density at radius 2 is 0.635 bits per heavy atom. The van der Waals surface area contributed by atoms with Gasteiger partial charge in [-0.1, -0.05) is 194 Å². The van der Waals surface area contributed by atoms with Gasteiger partial charge >= 0.3 is 0 Å². The monoisotopic (exact) mass is 658 g/mol. The average Bonchev–Trinajstić information content (AvgIpc) is 3.22. The Hall–Kier alpha value is -6.76. The highest BCUT2D eigenvalue weighted by Gasteiger charge is 2.21. The lowest BCUT2D eigenvalue weighted by Crippen LogP contribution is -1.94. The summed E-state index contributed by atoms with van der Waals surface area (Å²) < 4.78 is 0. The fourth-order valence-electron chi connectivity index (χ4n) is 8.32. The highest BCUT2D eigenvalue weighted by atomic mass is 14.2. The second-order valence-corrected chi connectivity index (χ2v) is 13.6. The molecule has 52 heavy (non-hydrogen) atoms. The lowest BCUT2D eigenvalue weighted by atomic mass is 9.81. The number of benzene rings is 10. The van der Waals surface area contributed by atoms with Crippen LogP contribution < -0.4 is 0 Å². The zero-order valence-corrected chi connectivity index (χ0v) is 28.6. The maximum Gasteiger partial charge on any atom is -0.00141 e. The van der Waals surface area contributed by atoms with Crippen LogP contribution in [0, 0.1) is 0 Å². The summed E-state index contributed by atoms with van der Waals surface area (Å²) in [5.41, 5.74) is 12.3. The van der Waals surface area contributed by atoms with E-state index in [2.05, 4.69) is 206 Å². The summed E-state index contributed by atoms with van der Waals surface area (Å²) >= 11 is 0. The van der Waals surface area contributed by atoms with Crippen LogP contribution in [-0.4, -0.2) is 0 Å². The van der Waals surface area contributed by atoms with E-state index in [4.69, 9.17) is 0 Å². The van der Waals surface area contributed by atoms with Crippen molar-refractivity contribution in [1.82, 2.24) is 0 Å². The smallest absolute Gasteiger partial charge is 0.00141 e. The Bertz CT molecular complexity index is 2940. The summed E-state index contributed by atoms with van der Waals surface area (Å²) in [6.07, 6.45) is 0. The van der Waals surface area contributed by atoms with Gasteiger partial charge in [-0.05, 0) is 111 Å². The summed E-state index contributed by atoms with van der Waals surface area (Å²) in [6.45, 7) is 0. The van der Waals surface area contributed by atoms with Crippen molar-refractivity contribution >= 4 is 43.1 Å². The first kappa shape index (κ1) is 30.1. The molecule has 0 aliphatic heterocycles. The second kappa shape index (κ2) is 12.5. The second-order valence-electron chi connectivity index (χ2n) is 13.6. The summed E-state index contributed by atoms with van der Waals surface area (Å²) in [5, 5.41) is 10.1. The SMILES string of the molecule is c1ccc(-c2cccc(-c3cccc4c(-c5cccc6ccccc56)c5ccccc5c(-c5cccc(-c6cccc7ccccc67)c5)c34)c2)cc1. The molecule has 0 aliphatic rings. The first-order valence-corrected chi connectivity index (χ1v) is 18.0. The third kappa shape index (κ3) is 5.00. The van der Waals surface area contributed by atoms with Gasteiger partial charge in [0.15, 0.2) is 0 Å². The number of fused-ring (bicyclic) bond motifs is 4. The molecule has 0 heteroatoms. The minimum absolute atomic E-state index is 1.21. The van der Waals surface area contributed by atoms with Crippen LogP contribution in [0.4, 0.5) is 0 Å². The lowest BCUT2D eigenvalue weighted by molar-refractivity contribution is 1.60. The maximum atomic E-state index is 2.40. The molecule has 0 N–H and O–H groups in total. The van der Waals surface area contributed by atoms with Crippen molar-refractivity contribution in [2.24, 2.45) is 0 Å². The summed E-state index contributed by atoms with van der Waals surface area (Å²) in [5.74, 6) is 0. The molecule has 242 valence electrons. The van der Waals surface area contributed by atoms with Gasteiger partial charge in [-0.15, -0.1) is 0 Å². The minimum atomic E-state index is 1.21. The van der Waals surface area contributed by atoms with Crippen LogP contribution in [0.25, 0.3) is 98.7 Å². The fraction of sp³-hybridized carbons (Fsp3) is 0. The summed E-state index contributed by atoms with van der Waals surface area (Å²) in [7, 11) is 0. The Balaban J connectivity index is 1.33. The third-order valence-electron chi connectivity index (χ3n) is 10.6. The van der Waals surface area contributed by atoms with Gasteiger partial charge in [-0.25, -0.2) is 0 Å². The van der Waals surface area contributed by atoms with Crippen LogP contribution in [0.5, 0.6) is 0 Å². The van der Waals surface area contributed by atoms with Gasteiger partial charge in [-0.3, -0.25) is 0 Å². The standard InChI is InChI=1S/C52H34/c1-2-15-35(16-3-1)38-21-10-23-40(33-38)45-30-14-32-49-51(46-31-13-20-37-18-5-7-26-43(37)46)48-28-9-8-27-47(48)50(52(45)49)41-24-11-22-39(34-41)44-29-12-19-36-17-4-6-25-42(36)44/h1-34H. The van der Waals surface area contributed by atoms with Gasteiger partial charge < -0.3 is 0 Å². The Kier molecular flexibility index (Phi) is 7.25. The third-order valence-corrected chi connectivity index (χ3v) is 10.6. The lowest BCUT2D eigenvalue weighted by Gasteiger charge is -2.21. The molecule has 0 bridgehead atoms. The van der Waals surface area contributed by atoms with Crippen molar-refractivity contribution in [3.63, 3.8) is 0 Å². The van der Waals surface area contributed by atoms with Crippen molar-refractivity contribution in [3.05, 3.63) is 206 Å². The molecule has 10 aromatic carbocycles. The molecular formula is C52H34. The maximum absolute atomic E-state index is 2.40. The molecular weight excluding hydrogens is 625 g/mol. The molecule has 0 radical (unpaired) electrons. The van der Waals surface area contributed by atoms with Crippen LogP contribution in [0.1, 0.15) is 0 Å². The minimum Gasteiger partial charge on any atom is -0.0622 e. The molecule has 0 fully saturated rings. The van der Waals surface area contributed by atoms with Crippen LogP contribution in [0.3, 0.4) is 0 Å². The zero-order valence-electron chi connectivity index (χ0n) is 28.6. The Morgan fingerprint density at radius 3 is 1.37 bits per heavy atom. The molecule has 10 aromatic rings. The molecule has 0 saturated heterocycles. The molecule has 0 unspecified atom stereocenters. The van der Waals surface area contributed by atoms with Gasteiger partial charge in [0.25, 0.3) is 0 Å². The van der Waals surface area contributed by atoms with Gasteiger partial charge in [0.05, 0.1) is 0 Å². The van der Waals surface area contributed by atoms with E-state index < -0.39 is 0 Å². The molecule has 0 nitrogen and oxygen atoms in total. The molecule has 0 aliphatic carbocycles. The largest absolute Gasteiger partial charge is 0.0622 e. The summed E-state index contributed by atoms with van der Waals surface area (Å²) in [6, 6.07) is 75.6. The van der Waals surface area contributed by atoms with Crippen LogP contribution in [0.15, 0.2) is 206 Å². The van der Waals surface area contributed by atoms with E-state index >= 15 is 0 Å². The fourth-order valence-corrected chi connectivity index (χ4v) is 8.32. The van der Waals surface area contributed by atoms with E-state index in [-0.39, 0.29) is 0 Å². The van der Waals surface area contributed by atoms with E-state index in [0.717, 1.165) is 0 Å². The van der Waals surface area contributed by atoms with Crippen molar-refractivity contribution in [2.45, 2.75) is 0 Å². The van der Waals surface area contributed by atoms with Crippen LogP contribution in [0.2, 0.25) is 0 Å². The van der Waals surface area contributed by atoms with E-state index in [9.17, 15) is 0 Å². The van der Waals surface area contributed by atoms with Crippen molar-refractivity contribution in [2.75, 3.05) is 0 Å². The molecule has 10 rings (SSSR count). The van der Waals surface area contributed by atoms with E-state index in [1.807, 2.05) is 0 Å². The topological polar surface area (TPSA) is 0 Å². The molecule has 0 atom stereocenters. The quantitative estimate of drug-likeness (QED) is 0.161. The zero-order chi connectivity index (χ0) is 34.4. The van der Waals surface area contributed by atoms with Gasteiger partial charge in [0, 0.05) is 0 Å². The molecule has 0 heterocycles. The van der Waals surface area contributed by atoms with Crippen LogP contribution >= 0.6 is 0 Å². The van der Waals surface area contributed by atoms with E-state index in [1.54, 1.807) is 0 Å². The number of rotatable bonds is 5.